The summed E-state index contributed by atoms with van der Waals surface area (Å²) in [5.74, 6) is -0.0661. The highest BCUT2D eigenvalue weighted by molar-refractivity contribution is 5.55. The molecular formula is C13H12FN3. The summed E-state index contributed by atoms with van der Waals surface area (Å²) in [6, 6.07) is 9.47. The molecule has 1 aromatic heterocycles. The molecule has 0 aliphatic rings. The number of para-hydroxylation sites is 1. The fourth-order valence-electron chi connectivity index (χ4n) is 1.42. The van der Waals surface area contributed by atoms with E-state index in [9.17, 15) is 4.39 Å². The van der Waals surface area contributed by atoms with Gasteiger partial charge in [0.1, 0.15) is 5.69 Å². The molecule has 0 fully saturated rings. The van der Waals surface area contributed by atoms with Crippen LogP contribution < -0.4 is 5.32 Å². The Labute approximate surface area is 99.0 Å². The van der Waals surface area contributed by atoms with E-state index in [1.807, 2.05) is 30.3 Å². The highest BCUT2D eigenvalue weighted by atomic mass is 19.1. The van der Waals surface area contributed by atoms with Crippen molar-refractivity contribution in [1.29, 1.82) is 0 Å². The Balaban J connectivity index is 2.34. The second-order valence-electron chi connectivity index (χ2n) is 3.53. The molecule has 3 nitrogen and oxygen atoms in total. The standard InChI is InChI=1S/C13H12FN3/c1-3-11-12(14)9(2)15-13(17-11)16-10-7-5-4-6-8-10/h3-8H,1H2,2H3,(H,15,16,17). The van der Waals surface area contributed by atoms with Crippen molar-refractivity contribution in [3.63, 3.8) is 0 Å². The Morgan fingerprint density at radius 3 is 2.59 bits per heavy atom. The normalized spacial score (nSPS) is 10.0. The molecule has 0 saturated carbocycles. The molecule has 0 amide bonds. The van der Waals surface area contributed by atoms with Crippen molar-refractivity contribution >= 4 is 17.7 Å². The zero-order valence-electron chi connectivity index (χ0n) is 9.44. The first-order chi connectivity index (χ1) is 8.20. The SMILES string of the molecule is C=Cc1nc(Nc2ccccc2)nc(C)c1F. The van der Waals surface area contributed by atoms with Crippen LogP contribution in [0.2, 0.25) is 0 Å². The van der Waals surface area contributed by atoms with Gasteiger partial charge in [0.05, 0.1) is 5.69 Å². The number of aryl methyl sites for hydroxylation is 1. The van der Waals surface area contributed by atoms with Gasteiger partial charge in [-0.1, -0.05) is 24.8 Å². The summed E-state index contributed by atoms with van der Waals surface area (Å²) >= 11 is 0. The predicted molar refractivity (Wildman–Crippen MR) is 66.5 cm³/mol. The Morgan fingerprint density at radius 1 is 1.24 bits per heavy atom. The zero-order chi connectivity index (χ0) is 12.3. The van der Waals surface area contributed by atoms with E-state index in [2.05, 4.69) is 21.9 Å². The third-order valence-corrected chi connectivity index (χ3v) is 2.27. The number of halogens is 1. The zero-order valence-corrected chi connectivity index (χ0v) is 9.44. The number of hydrogen-bond acceptors (Lipinski definition) is 3. The van der Waals surface area contributed by atoms with Crippen molar-refractivity contribution in [3.8, 4) is 0 Å². The van der Waals surface area contributed by atoms with Gasteiger partial charge in [-0.05, 0) is 25.1 Å². The van der Waals surface area contributed by atoms with Crippen molar-refractivity contribution in [2.45, 2.75) is 6.92 Å². The molecule has 0 aliphatic heterocycles. The molecule has 1 N–H and O–H groups in total. The summed E-state index contributed by atoms with van der Waals surface area (Å²) in [5, 5.41) is 3.01. The largest absolute Gasteiger partial charge is 0.324 e. The van der Waals surface area contributed by atoms with Gasteiger partial charge in [0.2, 0.25) is 5.95 Å². The summed E-state index contributed by atoms with van der Waals surface area (Å²) in [5.41, 5.74) is 1.36. The molecule has 2 aromatic rings. The second kappa shape index (κ2) is 4.74. The van der Waals surface area contributed by atoms with Crippen LogP contribution in [0, 0.1) is 12.7 Å². The lowest BCUT2D eigenvalue weighted by Gasteiger charge is -2.07. The number of benzene rings is 1. The number of anilines is 2. The minimum atomic E-state index is -0.432. The maximum Gasteiger partial charge on any atom is 0.228 e. The molecule has 0 saturated heterocycles. The van der Waals surface area contributed by atoms with E-state index >= 15 is 0 Å². The van der Waals surface area contributed by atoms with Crippen LogP contribution in [0.5, 0.6) is 0 Å². The number of hydrogen-bond donors (Lipinski definition) is 1. The molecule has 0 radical (unpaired) electrons. The smallest absolute Gasteiger partial charge is 0.228 e. The van der Waals surface area contributed by atoms with Gasteiger partial charge in [0, 0.05) is 5.69 Å². The number of nitrogens with zero attached hydrogens (tertiary/aromatic N) is 2. The molecule has 0 unspecified atom stereocenters. The summed E-state index contributed by atoms with van der Waals surface area (Å²) < 4.78 is 13.5. The molecule has 0 aliphatic carbocycles. The van der Waals surface area contributed by atoms with Crippen molar-refractivity contribution in [2.75, 3.05) is 5.32 Å². The van der Waals surface area contributed by atoms with Gasteiger partial charge in [-0.25, -0.2) is 14.4 Å². The highest BCUT2D eigenvalue weighted by Gasteiger charge is 2.08. The minimum absolute atomic E-state index is 0.205. The topological polar surface area (TPSA) is 37.8 Å². The number of rotatable bonds is 3. The molecule has 1 heterocycles. The number of aromatic nitrogens is 2. The highest BCUT2D eigenvalue weighted by Crippen LogP contribution is 2.16. The molecule has 1 aromatic carbocycles. The molecule has 0 bridgehead atoms. The third kappa shape index (κ3) is 2.47. The van der Waals surface area contributed by atoms with Crippen LogP contribution in [-0.2, 0) is 0 Å². The molecule has 2 rings (SSSR count). The Hall–Kier alpha value is -2.23. The van der Waals surface area contributed by atoms with Gasteiger partial charge in [0.25, 0.3) is 0 Å². The predicted octanol–water partition coefficient (Wildman–Crippen LogP) is 3.31. The third-order valence-electron chi connectivity index (χ3n) is 2.27. The minimum Gasteiger partial charge on any atom is -0.324 e. The first-order valence-electron chi connectivity index (χ1n) is 5.19. The van der Waals surface area contributed by atoms with Gasteiger partial charge in [-0.3, -0.25) is 0 Å². The van der Waals surface area contributed by atoms with Crippen LogP contribution in [0.25, 0.3) is 6.08 Å². The first-order valence-corrected chi connectivity index (χ1v) is 5.19. The maximum absolute atomic E-state index is 13.5. The summed E-state index contributed by atoms with van der Waals surface area (Å²) in [6.45, 7) is 5.12. The van der Waals surface area contributed by atoms with E-state index < -0.39 is 5.82 Å². The van der Waals surface area contributed by atoms with Gasteiger partial charge in [-0.2, -0.15) is 0 Å². The lowest BCUT2D eigenvalue weighted by Crippen LogP contribution is -2.03. The van der Waals surface area contributed by atoms with E-state index in [-0.39, 0.29) is 5.69 Å². The van der Waals surface area contributed by atoms with Crippen LogP contribution >= 0.6 is 0 Å². The Kier molecular flexibility index (Phi) is 3.14. The van der Waals surface area contributed by atoms with Gasteiger partial charge >= 0.3 is 0 Å². The second-order valence-corrected chi connectivity index (χ2v) is 3.53. The van der Waals surface area contributed by atoms with E-state index in [0.717, 1.165) is 5.69 Å². The fraction of sp³-hybridized carbons (Fsp3) is 0.0769. The van der Waals surface area contributed by atoms with Gasteiger partial charge in [0.15, 0.2) is 5.82 Å². The van der Waals surface area contributed by atoms with Crippen LogP contribution in [0.1, 0.15) is 11.4 Å². The van der Waals surface area contributed by atoms with Crippen molar-refractivity contribution in [3.05, 3.63) is 54.1 Å². The first kappa shape index (κ1) is 11.3. The van der Waals surface area contributed by atoms with Crippen LogP contribution in [-0.4, -0.2) is 9.97 Å². The van der Waals surface area contributed by atoms with Crippen LogP contribution in [0.4, 0.5) is 16.0 Å². The van der Waals surface area contributed by atoms with Gasteiger partial charge < -0.3 is 5.32 Å². The van der Waals surface area contributed by atoms with E-state index in [0.29, 0.717) is 11.6 Å². The number of nitrogens with one attached hydrogen (secondary N) is 1. The Morgan fingerprint density at radius 2 is 1.94 bits per heavy atom. The molecule has 86 valence electrons. The van der Waals surface area contributed by atoms with Crippen molar-refractivity contribution in [2.24, 2.45) is 0 Å². The molecular weight excluding hydrogens is 217 g/mol. The lowest BCUT2D eigenvalue weighted by atomic mass is 10.3. The molecule has 4 heteroatoms. The quantitative estimate of drug-likeness (QED) is 0.877. The van der Waals surface area contributed by atoms with E-state index in [1.54, 1.807) is 6.92 Å². The van der Waals surface area contributed by atoms with Crippen LogP contribution in [0.3, 0.4) is 0 Å². The van der Waals surface area contributed by atoms with Crippen molar-refractivity contribution < 1.29 is 4.39 Å². The fourth-order valence-corrected chi connectivity index (χ4v) is 1.42. The average Bonchev–Trinajstić information content (AvgIpc) is 2.35. The van der Waals surface area contributed by atoms with E-state index in [1.165, 1.54) is 6.08 Å². The molecule has 17 heavy (non-hydrogen) atoms. The van der Waals surface area contributed by atoms with Crippen molar-refractivity contribution in [1.82, 2.24) is 9.97 Å². The summed E-state index contributed by atoms with van der Waals surface area (Å²) in [6.07, 6.45) is 1.38. The summed E-state index contributed by atoms with van der Waals surface area (Å²) in [4.78, 5) is 8.06. The molecule has 0 atom stereocenters. The monoisotopic (exact) mass is 229 g/mol. The summed E-state index contributed by atoms with van der Waals surface area (Å²) in [7, 11) is 0. The molecule has 0 spiro atoms. The maximum atomic E-state index is 13.5. The van der Waals surface area contributed by atoms with E-state index in [4.69, 9.17) is 0 Å². The van der Waals surface area contributed by atoms with Gasteiger partial charge in [-0.15, -0.1) is 0 Å². The Bertz CT molecular complexity index is 538. The lowest BCUT2D eigenvalue weighted by molar-refractivity contribution is 0.599. The average molecular weight is 229 g/mol. The van der Waals surface area contributed by atoms with Crippen LogP contribution in [0.15, 0.2) is 36.9 Å².